The molecule has 0 aliphatic carbocycles. The predicted octanol–water partition coefficient (Wildman–Crippen LogP) is 6.45. The zero-order valence-electron chi connectivity index (χ0n) is 38.4. The second-order valence-electron chi connectivity index (χ2n) is 17.0. The molecule has 63 heavy (non-hydrogen) atoms. The Labute approximate surface area is 373 Å². The van der Waals surface area contributed by atoms with Crippen LogP contribution < -0.4 is 10.2 Å². The van der Waals surface area contributed by atoms with E-state index < -0.39 is 23.0 Å². The number of carboxylic acid groups (broad SMARTS) is 2. The highest BCUT2D eigenvalue weighted by molar-refractivity contribution is 6.04. The molecular formula is C50H67FN6O6. The molecule has 4 aromatic carbocycles. The first-order chi connectivity index (χ1) is 30.0. The first kappa shape index (κ1) is 50.3. The van der Waals surface area contributed by atoms with Crippen molar-refractivity contribution in [1.82, 2.24) is 24.9 Å². The van der Waals surface area contributed by atoms with Gasteiger partial charge in [0.2, 0.25) is 0 Å². The molecule has 2 aliphatic rings. The topological polar surface area (TPSA) is 137 Å². The molecule has 0 spiro atoms. The normalized spacial score (nSPS) is 16.5. The summed E-state index contributed by atoms with van der Waals surface area (Å²) >= 11 is 0. The van der Waals surface area contributed by atoms with E-state index in [1.54, 1.807) is 36.4 Å². The summed E-state index contributed by atoms with van der Waals surface area (Å²) < 4.78 is 13.2. The van der Waals surface area contributed by atoms with Crippen LogP contribution in [-0.2, 0) is 12.8 Å². The number of likely N-dealkylation sites (N-methyl/N-ethyl adjacent to an activating group) is 4. The summed E-state index contributed by atoms with van der Waals surface area (Å²) in [5.41, 5.74) is 3.11. The molecule has 340 valence electrons. The van der Waals surface area contributed by atoms with Crippen molar-refractivity contribution in [2.45, 2.75) is 50.6 Å². The van der Waals surface area contributed by atoms with Crippen molar-refractivity contribution >= 4 is 29.2 Å². The van der Waals surface area contributed by atoms with Crippen LogP contribution in [-0.4, -0.2) is 159 Å². The first-order valence-electron chi connectivity index (χ1n) is 21.7. The molecule has 0 bridgehead atoms. The summed E-state index contributed by atoms with van der Waals surface area (Å²) in [5, 5.41) is 21.4. The molecule has 13 heteroatoms. The average molecular weight is 867 g/mol. The number of hydrogen-bond acceptors (Lipinski definition) is 10. The first-order valence-corrected chi connectivity index (χ1v) is 21.7. The van der Waals surface area contributed by atoms with E-state index in [0.29, 0.717) is 36.8 Å². The summed E-state index contributed by atoms with van der Waals surface area (Å²) in [7, 11) is 11.9. The molecule has 12 nitrogen and oxygen atoms in total. The Morgan fingerprint density at radius 1 is 0.556 bits per heavy atom. The van der Waals surface area contributed by atoms with Gasteiger partial charge in [-0.3, -0.25) is 19.4 Å². The van der Waals surface area contributed by atoms with Crippen LogP contribution in [0.4, 0.5) is 10.1 Å². The van der Waals surface area contributed by atoms with E-state index in [1.807, 2.05) is 64.0 Å². The minimum absolute atomic E-state index is 0.0812. The number of carboxylic acids is 2. The fraction of sp³-hybridized carbons (Fsp3) is 0.440. The Hall–Kier alpha value is -5.31. The van der Waals surface area contributed by atoms with Gasteiger partial charge in [0.1, 0.15) is 5.82 Å². The van der Waals surface area contributed by atoms with E-state index in [-0.39, 0.29) is 28.5 Å². The summed E-state index contributed by atoms with van der Waals surface area (Å²) in [6.07, 6.45) is 2.18. The SMILES string of the molecule is CCC(Cc1ccc(C(=O)O)cc1)(C(=O)c1ccc(F)cc1)N(C)C.CCC(Cc1ccc(C(=O)O)cc1)(C(=O)c1ccc(N2CCN(C)CC2)cc1)N(C)C.CN1CCNCC1. The Morgan fingerprint density at radius 3 is 1.22 bits per heavy atom. The molecule has 2 saturated heterocycles. The number of rotatable bonds is 15. The smallest absolute Gasteiger partial charge is 0.335 e. The number of aromatic carboxylic acids is 2. The zero-order valence-corrected chi connectivity index (χ0v) is 38.4. The second kappa shape index (κ2) is 23.4. The Morgan fingerprint density at radius 2 is 0.905 bits per heavy atom. The third-order valence-corrected chi connectivity index (χ3v) is 12.6. The molecular weight excluding hydrogens is 800 g/mol. The van der Waals surface area contributed by atoms with Gasteiger partial charge in [0.05, 0.1) is 22.2 Å². The van der Waals surface area contributed by atoms with Gasteiger partial charge in [0.25, 0.3) is 0 Å². The van der Waals surface area contributed by atoms with E-state index in [1.165, 1.54) is 49.5 Å². The fourth-order valence-corrected chi connectivity index (χ4v) is 8.10. The van der Waals surface area contributed by atoms with Crippen LogP contribution in [0.1, 0.15) is 79.2 Å². The molecule has 0 radical (unpaired) electrons. The molecule has 2 aliphatic heterocycles. The fourth-order valence-electron chi connectivity index (χ4n) is 8.10. The third kappa shape index (κ3) is 13.4. The highest BCUT2D eigenvalue weighted by atomic mass is 19.1. The minimum atomic E-state index is -0.983. The molecule has 2 heterocycles. The molecule has 4 aromatic rings. The van der Waals surface area contributed by atoms with Crippen molar-refractivity contribution in [3.05, 3.63) is 136 Å². The highest BCUT2D eigenvalue weighted by Crippen LogP contribution is 2.30. The maximum absolute atomic E-state index is 13.7. The monoisotopic (exact) mass is 867 g/mol. The largest absolute Gasteiger partial charge is 0.478 e. The van der Waals surface area contributed by atoms with E-state index >= 15 is 0 Å². The van der Waals surface area contributed by atoms with E-state index in [0.717, 1.165) is 56.1 Å². The number of carbonyl (C=O) groups is 4. The van der Waals surface area contributed by atoms with Gasteiger partial charge in [-0.05, 0) is 152 Å². The molecule has 6 rings (SSSR count). The van der Waals surface area contributed by atoms with Gasteiger partial charge in [-0.1, -0.05) is 38.1 Å². The van der Waals surface area contributed by atoms with E-state index in [9.17, 15) is 23.6 Å². The zero-order chi connectivity index (χ0) is 46.3. The Kier molecular flexibility index (Phi) is 18.7. The van der Waals surface area contributed by atoms with Crippen LogP contribution >= 0.6 is 0 Å². The number of piperazine rings is 2. The lowest BCUT2D eigenvalue weighted by Gasteiger charge is -2.38. The van der Waals surface area contributed by atoms with Crippen molar-refractivity contribution in [1.29, 1.82) is 0 Å². The van der Waals surface area contributed by atoms with Crippen molar-refractivity contribution < 1.29 is 33.8 Å². The van der Waals surface area contributed by atoms with Gasteiger partial charge in [-0.2, -0.15) is 0 Å². The van der Waals surface area contributed by atoms with Crippen LogP contribution in [0.15, 0.2) is 97.1 Å². The number of halogens is 1. The number of hydrogen-bond donors (Lipinski definition) is 3. The van der Waals surface area contributed by atoms with Gasteiger partial charge < -0.3 is 30.2 Å². The summed E-state index contributed by atoms with van der Waals surface area (Å²) in [6, 6.07) is 26.9. The number of ketones is 2. The third-order valence-electron chi connectivity index (χ3n) is 12.6. The van der Waals surface area contributed by atoms with Gasteiger partial charge >= 0.3 is 11.9 Å². The van der Waals surface area contributed by atoms with Crippen LogP contribution in [0.3, 0.4) is 0 Å². The highest BCUT2D eigenvalue weighted by Gasteiger charge is 2.41. The van der Waals surface area contributed by atoms with Gasteiger partial charge in [0.15, 0.2) is 11.6 Å². The minimum Gasteiger partial charge on any atom is -0.478 e. The molecule has 0 amide bonds. The lowest BCUT2D eigenvalue weighted by atomic mass is 9.80. The van der Waals surface area contributed by atoms with Crippen molar-refractivity contribution in [2.75, 3.05) is 99.5 Å². The van der Waals surface area contributed by atoms with Gasteiger partial charge in [-0.25, -0.2) is 14.0 Å². The summed E-state index contributed by atoms with van der Waals surface area (Å²) in [4.78, 5) is 59.9. The predicted molar refractivity (Wildman–Crippen MR) is 249 cm³/mol. The number of anilines is 1. The Bertz CT molecular complexity index is 2080. The van der Waals surface area contributed by atoms with Gasteiger partial charge in [0, 0.05) is 69.2 Å². The number of benzene rings is 4. The van der Waals surface area contributed by atoms with Crippen LogP contribution in [0.5, 0.6) is 0 Å². The van der Waals surface area contributed by atoms with E-state index in [2.05, 4.69) is 46.2 Å². The number of nitrogens with zero attached hydrogens (tertiary/aromatic N) is 5. The molecule has 2 fully saturated rings. The summed E-state index contributed by atoms with van der Waals surface area (Å²) in [5.74, 6) is -2.30. The maximum atomic E-state index is 13.7. The Balaban J connectivity index is 0.000000243. The molecule has 0 aromatic heterocycles. The standard InChI is InChI=1S/C25H33N3O3.C20H22FNO3.C5H12N2/c1-5-25(26(2)3,18-19-6-8-21(9-7-19)24(30)31)23(29)20-10-12-22(13-11-20)28-16-14-27(4)15-17-28;1-4-20(22(2)3,18(23)15-9-11-17(21)12-10-15)13-14-5-7-16(8-6-14)19(24)25;1-7-4-2-6-3-5-7/h6-13H,5,14-18H2,1-4H3,(H,30,31);5-12H,4,13H2,1-3H3,(H,24,25);6H,2-5H2,1H3. The van der Waals surface area contributed by atoms with Crippen LogP contribution in [0.2, 0.25) is 0 Å². The summed E-state index contributed by atoms with van der Waals surface area (Å²) in [6.45, 7) is 12.8. The van der Waals surface area contributed by atoms with Crippen LogP contribution in [0.25, 0.3) is 0 Å². The lowest BCUT2D eigenvalue weighted by Crippen LogP contribution is -2.52. The average Bonchev–Trinajstić information content (AvgIpc) is 3.28. The van der Waals surface area contributed by atoms with E-state index in [4.69, 9.17) is 10.2 Å². The molecule has 3 N–H and O–H groups in total. The number of nitrogens with one attached hydrogen (secondary N) is 1. The van der Waals surface area contributed by atoms with Crippen molar-refractivity contribution in [3.63, 3.8) is 0 Å². The van der Waals surface area contributed by atoms with Crippen LogP contribution in [0, 0.1) is 5.82 Å². The molecule has 0 saturated carbocycles. The quantitative estimate of drug-likeness (QED) is 0.113. The molecule has 2 atom stereocenters. The molecule has 2 unspecified atom stereocenters. The second-order valence-corrected chi connectivity index (χ2v) is 17.0. The maximum Gasteiger partial charge on any atom is 0.335 e. The number of Topliss-reactive ketones (excluding diaryl/α,β-unsaturated/α-hetero) is 2. The lowest BCUT2D eigenvalue weighted by molar-refractivity contribution is 0.0660. The number of carbonyl (C=O) groups excluding carboxylic acids is 2. The van der Waals surface area contributed by atoms with Gasteiger partial charge in [-0.15, -0.1) is 0 Å². The van der Waals surface area contributed by atoms with Crippen molar-refractivity contribution in [3.8, 4) is 0 Å². The van der Waals surface area contributed by atoms with Crippen molar-refractivity contribution in [2.24, 2.45) is 0 Å².